The normalized spacial score (nSPS) is 12.2. The number of aryl methyl sites for hydroxylation is 2. The predicted octanol–water partition coefficient (Wildman–Crippen LogP) is 5.73. The van der Waals surface area contributed by atoms with Crippen molar-refractivity contribution in [3.63, 3.8) is 0 Å². The molecule has 1 N–H and O–H groups in total. The molecule has 0 saturated carbocycles. The molecule has 1 nitrogen and oxygen atoms in total. The van der Waals surface area contributed by atoms with Crippen LogP contribution in [0, 0.1) is 10.5 Å². The van der Waals surface area contributed by atoms with Gasteiger partial charge >= 0.3 is 0 Å². The number of hydrogen-bond donors (Lipinski definition) is 1. The number of hydrogen-bond acceptors (Lipinski definition) is 1. The van der Waals surface area contributed by atoms with Gasteiger partial charge in [-0.15, -0.1) is 0 Å². The summed E-state index contributed by atoms with van der Waals surface area (Å²) in [6.07, 6.45) is 2.18. The molecule has 0 aliphatic carbocycles. The molecular weight excluding hydrogens is 357 g/mol. The predicted molar refractivity (Wildman–Crippen MR) is 96.4 cm³/mol. The van der Waals surface area contributed by atoms with Crippen LogP contribution in [0.5, 0.6) is 0 Å². The first-order valence-electron chi connectivity index (χ1n) is 7.25. The van der Waals surface area contributed by atoms with Crippen molar-refractivity contribution >= 4 is 28.3 Å². The molecule has 0 radical (unpaired) electrons. The molecule has 0 bridgehead atoms. The van der Waals surface area contributed by atoms with Gasteiger partial charge in [-0.05, 0) is 77.2 Å². The molecule has 0 amide bonds. The summed E-state index contributed by atoms with van der Waals surface area (Å²) in [4.78, 5) is 0. The molecule has 1 atom stereocenters. The summed E-state index contributed by atoms with van der Waals surface area (Å²) in [7, 11) is 0. The molecule has 0 aliphatic heterocycles. The summed E-state index contributed by atoms with van der Waals surface area (Å²) < 4.78 is 1.28. The van der Waals surface area contributed by atoms with E-state index in [-0.39, 0.29) is 0 Å². The first-order chi connectivity index (χ1) is 9.63. The van der Waals surface area contributed by atoms with Crippen molar-refractivity contribution in [2.24, 2.45) is 0 Å². The zero-order valence-corrected chi connectivity index (χ0v) is 14.6. The Hall–Kier alpha value is -1.03. The van der Waals surface area contributed by atoms with E-state index < -0.39 is 0 Å². The Balaban J connectivity index is 2.19. The summed E-state index contributed by atoms with van der Waals surface area (Å²) in [5, 5.41) is 3.67. The third-order valence-corrected chi connectivity index (χ3v) is 4.39. The van der Waals surface area contributed by atoms with Gasteiger partial charge in [-0.1, -0.05) is 38.1 Å². The Kier molecular flexibility index (Phi) is 5.46. The molecule has 0 aromatic heterocycles. The summed E-state index contributed by atoms with van der Waals surface area (Å²) >= 11 is 2.36. The summed E-state index contributed by atoms with van der Waals surface area (Å²) in [6.45, 7) is 6.59. The average Bonchev–Trinajstić information content (AvgIpc) is 2.47. The van der Waals surface area contributed by atoms with Crippen molar-refractivity contribution in [3.05, 3.63) is 62.7 Å². The molecule has 2 rings (SSSR count). The van der Waals surface area contributed by atoms with Gasteiger partial charge < -0.3 is 5.32 Å². The van der Waals surface area contributed by atoms with E-state index in [4.69, 9.17) is 0 Å². The first-order valence-corrected chi connectivity index (χ1v) is 8.33. The van der Waals surface area contributed by atoms with Gasteiger partial charge in [0.1, 0.15) is 0 Å². The van der Waals surface area contributed by atoms with Crippen LogP contribution < -0.4 is 5.32 Å². The lowest BCUT2D eigenvalue weighted by Gasteiger charge is -2.20. The molecule has 0 fully saturated rings. The molecule has 2 aromatic carbocycles. The lowest BCUT2D eigenvalue weighted by molar-refractivity contribution is 0.748. The molecule has 0 aliphatic rings. The number of rotatable bonds is 5. The first kappa shape index (κ1) is 15.4. The van der Waals surface area contributed by atoms with E-state index >= 15 is 0 Å². The molecule has 20 heavy (non-hydrogen) atoms. The van der Waals surface area contributed by atoms with E-state index in [1.165, 1.54) is 25.9 Å². The highest BCUT2D eigenvalue weighted by atomic mass is 127. The second-order valence-corrected chi connectivity index (χ2v) is 6.41. The molecule has 0 saturated heterocycles. The van der Waals surface area contributed by atoms with Crippen LogP contribution in [0.25, 0.3) is 0 Å². The van der Waals surface area contributed by atoms with Gasteiger partial charge in [-0.25, -0.2) is 0 Å². The van der Waals surface area contributed by atoms with Crippen LogP contribution in [0.2, 0.25) is 0 Å². The van der Waals surface area contributed by atoms with Gasteiger partial charge in [-0.3, -0.25) is 0 Å². The van der Waals surface area contributed by atoms with Gasteiger partial charge in [0.2, 0.25) is 0 Å². The quantitative estimate of drug-likeness (QED) is 0.655. The van der Waals surface area contributed by atoms with Crippen LogP contribution in [-0.4, -0.2) is 0 Å². The number of benzene rings is 2. The fourth-order valence-corrected chi connectivity index (χ4v) is 3.03. The maximum atomic E-state index is 3.67. The van der Waals surface area contributed by atoms with Gasteiger partial charge in [0.25, 0.3) is 0 Å². The van der Waals surface area contributed by atoms with Crippen molar-refractivity contribution in [1.82, 2.24) is 0 Å². The van der Waals surface area contributed by atoms with Crippen LogP contribution in [-0.2, 0) is 6.42 Å². The Labute approximate surface area is 135 Å². The SMILES string of the molecule is CCc1ccc(C(CC)Nc2ccc(I)cc2C)cc1. The Morgan fingerprint density at radius 1 is 1.05 bits per heavy atom. The zero-order valence-electron chi connectivity index (χ0n) is 12.4. The van der Waals surface area contributed by atoms with Gasteiger partial charge in [0, 0.05) is 9.26 Å². The second kappa shape index (κ2) is 7.11. The maximum absolute atomic E-state index is 3.67. The van der Waals surface area contributed by atoms with E-state index in [0.717, 1.165) is 12.8 Å². The van der Waals surface area contributed by atoms with E-state index in [1.54, 1.807) is 0 Å². The van der Waals surface area contributed by atoms with E-state index in [2.05, 4.69) is 91.1 Å². The van der Waals surface area contributed by atoms with E-state index in [1.807, 2.05) is 0 Å². The van der Waals surface area contributed by atoms with Crippen molar-refractivity contribution in [2.45, 2.75) is 39.7 Å². The second-order valence-electron chi connectivity index (χ2n) is 5.16. The molecule has 106 valence electrons. The molecule has 2 heteroatoms. The van der Waals surface area contributed by atoms with Crippen LogP contribution >= 0.6 is 22.6 Å². The number of halogens is 1. The highest BCUT2D eigenvalue weighted by molar-refractivity contribution is 14.1. The Morgan fingerprint density at radius 2 is 1.75 bits per heavy atom. The van der Waals surface area contributed by atoms with Crippen molar-refractivity contribution in [3.8, 4) is 0 Å². The highest BCUT2D eigenvalue weighted by Crippen LogP contribution is 2.26. The summed E-state index contributed by atoms with van der Waals surface area (Å²) in [5.74, 6) is 0. The van der Waals surface area contributed by atoms with Crippen molar-refractivity contribution in [1.29, 1.82) is 0 Å². The monoisotopic (exact) mass is 379 g/mol. The van der Waals surface area contributed by atoms with Gasteiger partial charge in [0.05, 0.1) is 6.04 Å². The van der Waals surface area contributed by atoms with Crippen LogP contribution in [0.15, 0.2) is 42.5 Å². The molecular formula is C18H22IN. The minimum Gasteiger partial charge on any atom is -0.378 e. The third kappa shape index (κ3) is 3.75. The van der Waals surface area contributed by atoms with Gasteiger partial charge in [-0.2, -0.15) is 0 Å². The summed E-state index contributed by atoms with van der Waals surface area (Å²) in [5.41, 5.74) is 5.30. The molecule has 1 unspecified atom stereocenters. The largest absolute Gasteiger partial charge is 0.378 e. The topological polar surface area (TPSA) is 12.0 Å². The van der Waals surface area contributed by atoms with Gasteiger partial charge in [0.15, 0.2) is 0 Å². The summed E-state index contributed by atoms with van der Waals surface area (Å²) in [6, 6.07) is 15.9. The minimum absolute atomic E-state index is 0.375. The molecule has 0 heterocycles. The Morgan fingerprint density at radius 3 is 2.30 bits per heavy atom. The zero-order chi connectivity index (χ0) is 14.5. The smallest absolute Gasteiger partial charge is 0.0511 e. The molecule has 0 spiro atoms. The highest BCUT2D eigenvalue weighted by Gasteiger charge is 2.10. The standard InChI is InChI=1S/C18H22IN/c1-4-14-6-8-15(9-7-14)17(5-2)20-18-11-10-16(19)12-13(18)3/h6-12,17,20H,4-5H2,1-3H3. The lowest BCUT2D eigenvalue weighted by Crippen LogP contribution is -2.10. The number of nitrogens with one attached hydrogen (secondary N) is 1. The molecule has 2 aromatic rings. The minimum atomic E-state index is 0.375. The van der Waals surface area contributed by atoms with Crippen LogP contribution in [0.4, 0.5) is 5.69 Å². The fourth-order valence-electron chi connectivity index (χ4n) is 2.38. The van der Waals surface area contributed by atoms with Crippen LogP contribution in [0.1, 0.15) is 43.0 Å². The van der Waals surface area contributed by atoms with E-state index in [9.17, 15) is 0 Å². The lowest BCUT2D eigenvalue weighted by atomic mass is 10.0. The average molecular weight is 379 g/mol. The van der Waals surface area contributed by atoms with Crippen molar-refractivity contribution < 1.29 is 0 Å². The maximum Gasteiger partial charge on any atom is 0.0511 e. The van der Waals surface area contributed by atoms with Crippen LogP contribution in [0.3, 0.4) is 0 Å². The Bertz CT molecular complexity index is 560. The van der Waals surface area contributed by atoms with E-state index in [0.29, 0.717) is 6.04 Å². The third-order valence-electron chi connectivity index (χ3n) is 3.72. The fraction of sp³-hybridized carbons (Fsp3) is 0.333. The van der Waals surface area contributed by atoms with Crippen molar-refractivity contribution in [2.75, 3.05) is 5.32 Å². The number of anilines is 1.